The highest BCUT2D eigenvalue weighted by atomic mass is 32.2. The van der Waals surface area contributed by atoms with E-state index in [1.54, 1.807) is 7.11 Å². The summed E-state index contributed by atoms with van der Waals surface area (Å²) in [5.41, 5.74) is 0.427. The van der Waals surface area contributed by atoms with E-state index in [1.165, 1.54) is 11.8 Å². The number of aromatic nitrogens is 3. The highest BCUT2D eigenvalue weighted by Gasteiger charge is 2.04. The van der Waals surface area contributed by atoms with Gasteiger partial charge in [-0.1, -0.05) is 11.8 Å². The van der Waals surface area contributed by atoms with E-state index in [0.29, 0.717) is 11.0 Å². The third kappa shape index (κ3) is 2.65. The molecule has 2 aromatic rings. The van der Waals surface area contributed by atoms with E-state index >= 15 is 0 Å². The Bertz CT molecular complexity index is 566. The minimum Gasteiger partial charge on any atom is -0.497 e. The Labute approximate surface area is 102 Å². The van der Waals surface area contributed by atoms with Crippen molar-refractivity contribution in [2.45, 2.75) is 5.16 Å². The van der Waals surface area contributed by atoms with Crippen LogP contribution in [0, 0.1) is 0 Å². The monoisotopic (exact) mass is 249 g/mol. The standard InChI is InChI=1S/C11H11N3O2S/c1-16-8-5-3-7(4-6-8)9-12-10(15)14-11(13-9)17-2/h3-6H,1-2H3,(H,12,13,14,15). The molecule has 0 aliphatic rings. The Morgan fingerprint density at radius 1 is 1.24 bits per heavy atom. The lowest BCUT2D eigenvalue weighted by molar-refractivity contribution is 0.415. The number of nitrogens with zero attached hydrogens (tertiary/aromatic N) is 2. The summed E-state index contributed by atoms with van der Waals surface area (Å²) in [7, 11) is 1.60. The third-order valence-corrected chi connectivity index (χ3v) is 2.72. The molecule has 0 aliphatic heterocycles. The van der Waals surface area contributed by atoms with Gasteiger partial charge in [0.25, 0.3) is 0 Å². The van der Waals surface area contributed by atoms with Crippen LogP contribution < -0.4 is 10.4 Å². The fourth-order valence-electron chi connectivity index (χ4n) is 1.34. The molecular weight excluding hydrogens is 238 g/mol. The number of benzene rings is 1. The molecule has 1 N–H and O–H groups in total. The third-order valence-electron chi connectivity index (χ3n) is 2.18. The first-order valence-electron chi connectivity index (χ1n) is 4.89. The fourth-order valence-corrected chi connectivity index (χ4v) is 1.70. The molecule has 0 fully saturated rings. The summed E-state index contributed by atoms with van der Waals surface area (Å²) in [6, 6.07) is 7.30. The van der Waals surface area contributed by atoms with Crippen molar-refractivity contribution in [3.63, 3.8) is 0 Å². The first-order valence-corrected chi connectivity index (χ1v) is 6.12. The molecule has 0 saturated carbocycles. The zero-order valence-electron chi connectivity index (χ0n) is 9.43. The average molecular weight is 249 g/mol. The van der Waals surface area contributed by atoms with Gasteiger partial charge in [0.15, 0.2) is 5.16 Å². The van der Waals surface area contributed by atoms with Crippen LogP contribution in [0.15, 0.2) is 34.2 Å². The summed E-state index contributed by atoms with van der Waals surface area (Å²) < 4.78 is 5.06. The SMILES string of the molecule is COc1ccc(-c2nc(SC)nc(=O)[nH]2)cc1. The Kier molecular flexibility index (Phi) is 3.43. The van der Waals surface area contributed by atoms with Gasteiger partial charge in [0.1, 0.15) is 11.6 Å². The Balaban J connectivity index is 2.44. The average Bonchev–Trinajstić information content (AvgIpc) is 2.38. The van der Waals surface area contributed by atoms with Crippen LogP contribution in [0.1, 0.15) is 0 Å². The summed E-state index contributed by atoms with van der Waals surface area (Å²) in [5, 5.41) is 0.458. The van der Waals surface area contributed by atoms with Gasteiger partial charge in [0.05, 0.1) is 7.11 Å². The number of methoxy groups -OCH3 is 1. The number of thioether (sulfide) groups is 1. The molecule has 1 heterocycles. The van der Waals surface area contributed by atoms with Crippen LogP contribution >= 0.6 is 11.8 Å². The molecule has 17 heavy (non-hydrogen) atoms. The quantitative estimate of drug-likeness (QED) is 0.836. The number of H-pyrrole nitrogens is 1. The topological polar surface area (TPSA) is 67.9 Å². The van der Waals surface area contributed by atoms with Gasteiger partial charge in [-0.05, 0) is 30.5 Å². The number of ether oxygens (including phenoxy) is 1. The van der Waals surface area contributed by atoms with Crippen molar-refractivity contribution in [1.29, 1.82) is 0 Å². The van der Waals surface area contributed by atoms with Crippen molar-refractivity contribution >= 4 is 11.8 Å². The highest BCUT2D eigenvalue weighted by Crippen LogP contribution is 2.19. The predicted molar refractivity (Wildman–Crippen MR) is 66.4 cm³/mol. The van der Waals surface area contributed by atoms with Crippen LogP contribution in [-0.4, -0.2) is 28.3 Å². The minimum absolute atomic E-state index is 0.393. The zero-order chi connectivity index (χ0) is 12.3. The van der Waals surface area contributed by atoms with E-state index in [9.17, 15) is 4.79 Å². The molecule has 5 nitrogen and oxygen atoms in total. The molecule has 1 aromatic heterocycles. The molecule has 2 rings (SSSR count). The maximum atomic E-state index is 11.3. The second-order valence-electron chi connectivity index (χ2n) is 3.22. The Hall–Kier alpha value is -1.82. The molecule has 0 bridgehead atoms. The summed E-state index contributed by atoms with van der Waals surface area (Å²) >= 11 is 1.33. The van der Waals surface area contributed by atoms with Gasteiger partial charge in [-0.2, -0.15) is 4.98 Å². The van der Waals surface area contributed by atoms with Gasteiger partial charge in [-0.25, -0.2) is 9.78 Å². The summed E-state index contributed by atoms with van der Waals surface area (Å²) in [4.78, 5) is 21.9. The lowest BCUT2D eigenvalue weighted by Gasteiger charge is -2.03. The van der Waals surface area contributed by atoms with Crippen molar-refractivity contribution in [3.05, 3.63) is 34.7 Å². The largest absolute Gasteiger partial charge is 0.497 e. The normalized spacial score (nSPS) is 10.2. The van der Waals surface area contributed by atoms with Gasteiger partial charge in [-0.15, -0.1) is 0 Å². The van der Waals surface area contributed by atoms with Gasteiger partial charge < -0.3 is 4.74 Å². The second kappa shape index (κ2) is 5.01. The van der Waals surface area contributed by atoms with E-state index < -0.39 is 5.69 Å². The van der Waals surface area contributed by atoms with Crippen LogP contribution in [0.4, 0.5) is 0 Å². The van der Waals surface area contributed by atoms with E-state index in [1.807, 2.05) is 30.5 Å². The molecule has 0 amide bonds. The molecule has 1 aromatic carbocycles. The smallest absolute Gasteiger partial charge is 0.349 e. The van der Waals surface area contributed by atoms with E-state index in [2.05, 4.69) is 15.0 Å². The maximum absolute atomic E-state index is 11.3. The van der Waals surface area contributed by atoms with Crippen molar-refractivity contribution < 1.29 is 4.74 Å². The molecule has 0 unspecified atom stereocenters. The van der Waals surface area contributed by atoms with Crippen LogP contribution in [0.3, 0.4) is 0 Å². The molecular formula is C11H11N3O2S. The molecule has 6 heteroatoms. The maximum Gasteiger partial charge on any atom is 0.349 e. The molecule has 88 valence electrons. The Morgan fingerprint density at radius 3 is 2.53 bits per heavy atom. The first-order chi connectivity index (χ1) is 8.22. The first kappa shape index (κ1) is 11.7. The van der Waals surface area contributed by atoms with Gasteiger partial charge in [0.2, 0.25) is 0 Å². The van der Waals surface area contributed by atoms with Crippen molar-refractivity contribution in [1.82, 2.24) is 15.0 Å². The number of rotatable bonds is 3. The van der Waals surface area contributed by atoms with E-state index in [0.717, 1.165) is 11.3 Å². The molecule has 0 atom stereocenters. The summed E-state index contributed by atoms with van der Waals surface area (Å²) in [6.07, 6.45) is 1.83. The van der Waals surface area contributed by atoms with Gasteiger partial charge in [-0.3, -0.25) is 4.98 Å². The van der Waals surface area contributed by atoms with Crippen LogP contribution in [0.2, 0.25) is 0 Å². The molecule has 0 aliphatic carbocycles. The van der Waals surface area contributed by atoms with E-state index in [4.69, 9.17) is 4.74 Å². The van der Waals surface area contributed by atoms with Crippen molar-refractivity contribution in [2.75, 3.05) is 13.4 Å². The Morgan fingerprint density at radius 2 is 1.94 bits per heavy atom. The molecule has 0 spiro atoms. The van der Waals surface area contributed by atoms with Crippen LogP contribution in [0.5, 0.6) is 5.75 Å². The van der Waals surface area contributed by atoms with Gasteiger partial charge >= 0.3 is 5.69 Å². The van der Waals surface area contributed by atoms with Crippen LogP contribution in [0.25, 0.3) is 11.4 Å². The highest BCUT2D eigenvalue weighted by molar-refractivity contribution is 7.98. The number of hydrogen-bond donors (Lipinski definition) is 1. The molecule has 0 radical (unpaired) electrons. The number of hydrogen-bond acceptors (Lipinski definition) is 5. The van der Waals surface area contributed by atoms with Gasteiger partial charge in [0, 0.05) is 5.56 Å². The van der Waals surface area contributed by atoms with Crippen LogP contribution in [-0.2, 0) is 0 Å². The van der Waals surface area contributed by atoms with E-state index in [-0.39, 0.29) is 0 Å². The zero-order valence-corrected chi connectivity index (χ0v) is 10.2. The second-order valence-corrected chi connectivity index (χ2v) is 3.99. The number of nitrogens with one attached hydrogen (secondary N) is 1. The number of aromatic amines is 1. The fraction of sp³-hybridized carbons (Fsp3) is 0.182. The summed E-state index contributed by atoms with van der Waals surface area (Å²) in [5.74, 6) is 1.27. The molecule has 0 saturated heterocycles. The predicted octanol–water partition coefficient (Wildman–Crippen LogP) is 1.56. The van der Waals surface area contributed by atoms with Crippen molar-refractivity contribution in [2.24, 2.45) is 0 Å². The van der Waals surface area contributed by atoms with Crippen molar-refractivity contribution in [3.8, 4) is 17.1 Å². The lowest BCUT2D eigenvalue weighted by atomic mass is 10.2. The minimum atomic E-state index is -0.393. The summed E-state index contributed by atoms with van der Waals surface area (Å²) in [6.45, 7) is 0. The lowest BCUT2D eigenvalue weighted by Crippen LogP contribution is -2.13.